The monoisotopic (exact) mass is 456 g/mol. The summed E-state index contributed by atoms with van der Waals surface area (Å²) in [5.41, 5.74) is 7.82. The van der Waals surface area contributed by atoms with Gasteiger partial charge in [0.05, 0.1) is 11.4 Å². The number of fused-ring (bicyclic) bond motifs is 2. The normalized spacial score (nSPS) is 12.7. The predicted molar refractivity (Wildman–Crippen MR) is 132 cm³/mol. The number of carbonyl (C=O) groups is 1. The molecule has 1 N–H and O–H groups in total. The second kappa shape index (κ2) is 8.82. The van der Waals surface area contributed by atoms with Crippen LogP contribution in [0, 0.1) is 27.7 Å². The Morgan fingerprint density at radius 3 is 2.47 bits per heavy atom. The van der Waals surface area contributed by atoms with Gasteiger partial charge in [-0.2, -0.15) is 5.10 Å². The highest BCUT2D eigenvalue weighted by Gasteiger charge is 2.19. The lowest BCUT2D eigenvalue weighted by Gasteiger charge is -2.19. The summed E-state index contributed by atoms with van der Waals surface area (Å²) in [5.74, 6) is 1.31. The quantitative estimate of drug-likeness (QED) is 0.457. The number of benzene rings is 2. The second-order valence-corrected chi connectivity index (χ2v) is 8.74. The van der Waals surface area contributed by atoms with Crippen LogP contribution < -0.4 is 14.8 Å². The van der Waals surface area contributed by atoms with E-state index in [-0.39, 0.29) is 5.91 Å². The Labute approximate surface area is 198 Å². The Bertz CT molecular complexity index is 1390. The first-order valence-corrected chi connectivity index (χ1v) is 11.5. The molecule has 5 rings (SSSR count). The van der Waals surface area contributed by atoms with Crippen LogP contribution in [0.4, 0.5) is 5.69 Å². The van der Waals surface area contributed by atoms with Crippen molar-refractivity contribution < 1.29 is 14.3 Å². The van der Waals surface area contributed by atoms with Crippen molar-refractivity contribution in [3.8, 4) is 17.2 Å². The van der Waals surface area contributed by atoms with Crippen LogP contribution in [0.3, 0.4) is 0 Å². The summed E-state index contributed by atoms with van der Waals surface area (Å²) in [4.78, 5) is 17.6. The molecule has 0 saturated heterocycles. The topological polar surface area (TPSA) is 78.3 Å². The van der Waals surface area contributed by atoms with E-state index in [0.717, 1.165) is 39.2 Å². The zero-order chi connectivity index (χ0) is 23.8. The number of pyridine rings is 1. The first-order chi connectivity index (χ1) is 16.4. The molecule has 1 amide bonds. The van der Waals surface area contributed by atoms with Crippen LogP contribution in [0.5, 0.6) is 11.5 Å². The fourth-order valence-corrected chi connectivity index (χ4v) is 4.52. The minimum atomic E-state index is -0.0531. The lowest BCUT2D eigenvalue weighted by molar-refractivity contribution is -0.116. The third-order valence-corrected chi connectivity index (χ3v) is 6.28. The predicted octanol–water partition coefficient (Wildman–Crippen LogP) is 5.00. The molecule has 0 spiro atoms. The molecule has 1 aliphatic heterocycles. The van der Waals surface area contributed by atoms with Crippen molar-refractivity contribution in [1.82, 2.24) is 14.8 Å². The van der Waals surface area contributed by atoms with Gasteiger partial charge in [-0.3, -0.25) is 4.79 Å². The number of nitrogens with zero attached hydrogens (tertiary/aromatic N) is 3. The first-order valence-electron chi connectivity index (χ1n) is 11.5. The lowest BCUT2D eigenvalue weighted by Crippen LogP contribution is -2.16. The number of hydrogen-bond donors (Lipinski definition) is 1. The standard InChI is InChI=1S/C27H28N4O3/c1-16-5-8-21(9-6-16)31-27-26(19(4)30-31)17(2)22(18(3)28-27)10-12-25(32)29-20-7-11-23-24(15-20)34-14-13-33-23/h5-9,11,15H,10,12-14H2,1-4H3,(H,29,32). The maximum absolute atomic E-state index is 12.7. The minimum absolute atomic E-state index is 0.0531. The van der Waals surface area contributed by atoms with Gasteiger partial charge in [-0.05, 0) is 69.5 Å². The molecule has 1 aliphatic rings. The van der Waals surface area contributed by atoms with E-state index >= 15 is 0 Å². The van der Waals surface area contributed by atoms with Crippen LogP contribution in [0.2, 0.25) is 0 Å². The van der Waals surface area contributed by atoms with Crippen molar-refractivity contribution in [2.45, 2.75) is 40.5 Å². The Balaban J connectivity index is 1.36. The lowest BCUT2D eigenvalue weighted by atomic mass is 9.99. The van der Waals surface area contributed by atoms with Crippen LogP contribution in [0.1, 0.15) is 34.5 Å². The molecule has 0 radical (unpaired) electrons. The van der Waals surface area contributed by atoms with Crippen molar-refractivity contribution in [1.29, 1.82) is 0 Å². The SMILES string of the molecule is Cc1ccc(-n2nc(C)c3c(C)c(CCC(=O)Nc4ccc5c(c4)OCCO5)c(C)nc32)cc1. The highest BCUT2D eigenvalue weighted by molar-refractivity contribution is 5.91. The molecular weight excluding hydrogens is 428 g/mol. The highest BCUT2D eigenvalue weighted by Crippen LogP contribution is 2.33. The molecule has 4 aromatic rings. The third-order valence-electron chi connectivity index (χ3n) is 6.28. The van der Waals surface area contributed by atoms with Crippen molar-refractivity contribution >= 4 is 22.6 Å². The molecule has 0 fully saturated rings. The summed E-state index contributed by atoms with van der Waals surface area (Å²) >= 11 is 0. The van der Waals surface area contributed by atoms with E-state index in [4.69, 9.17) is 19.6 Å². The van der Waals surface area contributed by atoms with Crippen molar-refractivity contribution in [2.75, 3.05) is 18.5 Å². The molecule has 0 unspecified atom stereocenters. The molecule has 3 heterocycles. The molecule has 2 aromatic heterocycles. The van der Waals surface area contributed by atoms with Crippen LogP contribution in [0.25, 0.3) is 16.7 Å². The third kappa shape index (κ3) is 4.09. The van der Waals surface area contributed by atoms with Crippen LogP contribution in [-0.2, 0) is 11.2 Å². The summed E-state index contributed by atoms with van der Waals surface area (Å²) < 4.78 is 13.1. The number of nitrogens with one attached hydrogen (secondary N) is 1. The van der Waals surface area contributed by atoms with Gasteiger partial charge in [-0.1, -0.05) is 17.7 Å². The summed E-state index contributed by atoms with van der Waals surface area (Å²) in [6.07, 6.45) is 0.959. The number of aromatic nitrogens is 3. The van der Waals surface area contributed by atoms with Gasteiger partial charge in [0.2, 0.25) is 5.91 Å². The van der Waals surface area contributed by atoms with Gasteiger partial charge in [0.1, 0.15) is 13.2 Å². The summed E-state index contributed by atoms with van der Waals surface area (Å²) in [7, 11) is 0. The number of anilines is 1. The zero-order valence-corrected chi connectivity index (χ0v) is 19.9. The first kappa shape index (κ1) is 21.9. The van der Waals surface area contributed by atoms with E-state index in [2.05, 4.69) is 43.4 Å². The average Bonchev–Trinajstić information content (AvgIpc) is 3.15. The summed E-state index contributed by atoms with van der Waals surface area (Å²) in [6, 6.07) is 13.7. The Morgan fingerprint density at radius 2 is 1.71 bits per heavy atom. The average molecular weight is 457 g/mol. The van der Waals surface area contributed by atoms with Gasteiger partial charge in [0, 0.05) is 29.3 Å². The van der Waals surface area contributed by atoms with E-state index in [9.17, 15) is 4.79 Å². The van der Waals surface area contributed by atoms with Crippen molar-refractivity contribution in [2.24, 2.45) is 0 Å². The molecule has 7 heteroatoms. The fourth-order valence-electron chi connectivity index (χ4n) is 4.52. The number of aryl methyl sites for hydroxylation is 4. The molecule has 34 heavy (non-hydrogen) atoms. The molecule has 0 bridgehead atoms. The largest absolute Gasteiger partial charge is 0.486 e. The number of amides is 1. The van der Waals surface area contributed by atoms with Gasteiger partial charge in [-0.15, -0.1) is 0 Å². The Hall–Kier alpha value is -3.87. The van der Waals surface area contributed by atoms with Crippen LogP contribution >= 0.6 is 0 Å². The second-order valence-electron chi connectivity index (χ2n) is 8.74. The van der Waals surface area contributed by atoms with Crippen LogP contribution in [0.15, 0.2) is 42.5 Å². The molecule has 174 valence electrons. The molecule has 0 atom stereocenters. The van der Waals surface area contributed by atoms with Gasteiger partial charge in [0.15, 0.2) is 17.1 Å². The Morgan fingerprint density at radius 1 is 0.971 bits per heavy atom. The number of ether oxygens (including phenoxy) is 2. The van der Waals surface area contributed by atoms with E-state index < -0.39 is 0 Å². The maximum Gasteiger partial charge on any atom is 0.224 e. The molecular formula is C27H28N4O3. The number of rotatable bonds is 5. The van der Waals surface area contributed by atoms with Crippen LogP contribution in [-0.4, -0.2) is 33.9 Å². The van der Waals surface area contributed by atoms with Crippen molar-refractivity contribution in [3.63, 3.8) is 0 Å². The Kier molecular flexibility index (Phi) is 5.69. The summed E-state index contributed by atoms with van der Waals surface area (Å²) in [5, 5.41) is 8.79. The van der Waals surface area contributed by atoms with Gasteiger partial charge in [0.25, 0.3) is 0 Å². The van der Waals surface area contributed by atoms with E-state index in [1.54, 1.807) is 6.07 Å². The van der Waals surface area contributed by atoms with Crippen molar-refractivity contribution in [3.05, 3.63) is 70.5 Å². The van der Waals surface area contributed by atoms with E-state index in [1.165, 1.54) is 5.56 Å². The zero-order valence-electron chi connectivity index (χ0n) is 19.9. The molecule has 0 aliphatic carbocycles. The number of carbonyl (C=O) groups excluding carboxylic acids is 1. The minimum Gasteiger partial charge on any atom is -0.486 e. The van der Waals surface area contributed by atoms with Gasteiger partial charge >= 0.3 is 0 Å². The van der Waals surface area contributed by atoms with Gasteiger partial charge in [-0.25, -0.2) is 9.67 Å². The molecule has 2 aromatic carbocycles. The maximum atomic E-state index is 12.7. The summed E-state index contributed by atoms with van der Waals surface area (Å²) in [6.45, 7) is 9.23. The number of hydrogen-bond acceptors (Lipinski definition) is 5. The molecule has 0 saturated carbocycles. The molecule has 7 nitrogen and oxygen atoms in total. The fraction of sp³-hybridized carbons (Fsp3) is 0.296. The van der Waals surface area contributed by atoms with E-state index in [1.807, 2.05) is 30.7 Å². The van der Waals surface area contributed by atoms with Gasteiger partial charge < -0.3 is 14.8 Å². The van der Waals surface area contributed by atoms with E-state index in [0.29, 0.717) is 43.2 Å². The smallest absolute Gasteiger partial charge is 0.224 e. The highest BCUT2D eigenvalue weighted by atomic mass is 16.6.